The molecule has 3 heterocycles. The molecular weight excluding hydrogens is 563 g/mol. The molecule has 3 aliphatic rings. The molecule has 1 saturated heterocycles. The molecule has 0 aromatic heterocycles. The van der Waals surface area contributed by atoms with E-state index in [0.717, 1.165) is 39.9 Å². The van der Waals surface area contributed by atoms with E-state index in [-0.39, 0.29) is 36.6 Å². The van der Waals surface area contributed by atoms with Gasteiger partial charge >= 0.3 is 0 Å². The van der Waals surface area contributed by atoms with Gasteiger partial charge in [-0.05, 0) is 80.3 Å². The van der Waals surface area contributed by atoms with E-state index < -0.39 is 5.54 Å². The Morgan fingerprint density at radius 1 is 1.10 bits per heavy atom. The predicted molar refractivity (Wildman–Crippen MR) is 166 cm³/mol. The van der Waals surface area contributed by atoms with Crippen molar-refractivity contribution < 1.29 is 9.90 Å². The van der Waals surface area contributed by atoms with E-state index in [1.807, 2.05) is 41.3 Å². The number of thioether (sulfide) groups is 1. The van der Waals surface area contributed by atoms with Crippen LogP contribution in [-0.4, -0.2) is 69.2 Å². The second kappa shape index (κ2) is 11.7. The molecule has 9 heteroatoms. The normalized spacial score (nSPS) is 24.6. The van der Waals surface area contributed by atoms with Crippen molar-refractivity contribution in [1.29, 1.82) is 0 Å². The van der Waals surface area contributed by atoms with Crippen LogP contribution in [0.5, 0.6) is 0 Å². The van der Waals surface area contributed by atoms with Gasteiger partial charge in [0.05, 0.1) is 12.6 Å². The highest BCUT2D eigenvalue weighted by Crippen LogP contribution is 2.56. The molecule has 2 aromatic carbocycles. The molecule has 5 rings (SSSR count). The van der Waals surface area contributed by atoms with Crippen molar-refractivity contribution in [2.24, 2.45) is 10.9 Å². The van der Waals surface area contributed by atoms with Gasteiger partial charge in [-0.3, -0.25) is 9.69 Å². The van der Waals surface area contributed by atoms with E-state index in [2.05, 4.69) is 56.6 Å². The first-order valence-electron chi connectivity index (χ1n) is 14.0. The number of halogens is 2. The Bertz CT molecular complexity index is 1310. The van der Waals surface area contributed by atoms with Gasteiger partial charge in [-0.2, -0.15) is 0 Å². The zero-order chi connectivity index (χ0) is 28.8. The van der Waals surface area contributed by atoms with Crippen molar-refractivity contribution in [3.63, 3.8) is 0 Å². The molecule has 0 unspecified atom stereocenters. The number of fused-ring (bicyclic) bond motifs is 1. The van der Waals surface area contributed by atoms with E-state index in [1.54, 1.807) is 0 Å². The van der Waals surface area contributed by atoms with E-state index in [9.17, 15) is 9.90 Å². The SMILES string of the molecule is CC(C)C1=C(C(=O)N(C[C@@H]2CCN2CCO)C(C)C)SC2=N[C@@](C)(c3ccc(Cl)cc3)[C@@H](c3ccc(Cl)cc3)N21. The van der Waals surface area contributed by atoms with Crippen LogP contribution in [0.2, 0.25) is 10.0 Å². The van der Waals surface area contributed by atoms with Crippen LogP contribution in [0.1, 0.15) is 58.2 Å². The highest BCUT2D eigenvalue weighted by atomic mass is 35.5. The molecule has 2 aromatic rings. The third kappa shape index (κ3) is 5.32. The number of β-amino-alcohol motifs (C(OH)–C–C–N with tert-alkyl or cyclic N) is 1. The Labute approximate surface area is 252 Å². The molecular formula is C31H38Cl2N4O2S. The van der Waals surface area contributed by atoms with Gasteiger partial charge in [0, 0.05) is 47.5 Å². The summed E-state index contributed by atoms with van der Waals surface area (Å²) >= 11 is 14.0. The number of carbonyl (C=O) groups is 1. The number of amidine groups is 1. The molecule has 1 N–H and O–H groups in total. The third-order valence-corrected chi connectivity index (χ3v) is 9.87. The molecule has 0 spiro atoms. The monoisotopic (exact) mass is 600 g/mol. The largest absolute Gasteiger partial charge is 0.395 e. The van der Waals surface area contributed by atoms with Gasteiger partial charge in [0.2, 0.25) is 0 Å². The third-order valence-electron chi connectivity index (χ3n) is 8.31. The fourth-order valence-electron chi connectivity index (χ4n) is 6.07. The van der Waals surface area contributed by atoms with Gasteiger partial charge in [0.15, 0.2) is 5.17 Å². The summed E-state index contributed by atoms with van der Waals surface area (Å²) in [6, 6.07) is 16.0. The van der Waals surface area contributed by atoms with Gasteiger partial charge in [0.25, 0.3) is 5.91 Å². The summed E-state index contributed by atoms with van der Waals surface area (Å²) in [6.45, 7) is 13.0. The zero-order valence-corrected chi connectivity index (χ0v) is 26.1. The lowest BCUT2D eigenvalue weighted by Gasteiger charge is -2.44. The summed E-state index contributed by atoms with van der Waals surface area (Å²) in [6.07, 6.45) is 1.04. The van der Waals surface area contributed by atoms with Crippen molar-refractivity contribution in [3.8, 4) is 0 Å². The highest BCUT2D eigenvalue weighted by Gasteiger charge is 2.53. The Morgan fingerprint density at radius 2 is 1.73 bits per heavy atom. The van der Waals surface area contributed by atoms with E-state index in [0.29, 0.717) is 23.1 Å². The lowest BCUT2D eigenvalue weighted by Crippen LogP contribution is -2.56. The van der Waals surface area contributed by atoms with E-state index in [4.69, 9.17) is 28.2 Å². The second-order valence-corrected chi connectivity index (χ2v) is 13.4. The lowest BCUT2D eigenvalue weighted by molar-refractivity contribution is -0.130. The lowest BCUT2D eigenvalue weighted by atomic mass is 9.81. The molecule has 1 amide bonds. The van der Waals surface area contributed by atoms with Gasteiger partial charge in [-0.15, -0.1) is 0 Å². The summed E-state index contributed by atoms with van der Waals surface area (Å²) in [4.78, 5) is 26.9. The Hall–Kier alpha value is -2.03. The van der Waals surface area contributed by atoms with Crippen LogP contribution in [0.25, 0.3) is 0 Å². The van der Waals surface area contributed by atoms with Crippen LogP contribution in [-0.2, 0) is 10.3 Å². The summed E-state index contributed by atoms with van der Waals surface area (Å²) in [7, 11) is 0. The predicted octanol–water partition coefficient (Wildman–Crippen LogP) is 6.54. The number of amides is 1. The standard InChI is InChI=1S/C31H38Cl2N4O2S/c1-19(2)26-27(29(39)36(20(3)4)18-25-14-15-35(25)16-17-38)40-30-34-31(5,22-8-12-24(33)13-9-22)28(37(26)30)21-6-10-23(32)11-7-21/h6-13,19-20,25,28,38H,14-18H2,1-5H3/t25-,28+,31-/m0/s1. The van der Waals surface area contributed by atoms with Gasteiger partial charge in [-0.25, -0.2) is 4.99 Å². The second-order valence-electron chi connectivity index (χ2n) is 11.6. The van der Waals surface area contributed by atoms with Gasteiger partial charge in [0.1, 0.15) is 10.4 Å². The first-order valence-corrected chi connectivity index (χ1v) is 15.6. The van der Waals surface area contributed by atoms with Crippen LogP contribution in [0.4, 0.5) is 0 Å². The summed E-state index contributed by atoms with van der Waals surface area (Å²) < 4.78 is 0. The Morgan fingerprint density at radius 3 is 2.25 bits per heavy atom. The maximum atomic E-state index is 14.3. The molecule has 0 aliphatic carbocycles. The molecule has 6 nitrogen and oxygen atoms in total. The fourth-order valence-corrected chi connectivity index (χ4v) is 7.69. The van der Waals surface area contributed by atoms with Crippen LogP contribution in [0.3, 0.4) is 0 Å². The molecule has 214 valence electrons. The summed E-state index contributed by atoms with van der Waals surface area (Å²) in [5, 5.41) is 11.7. The minimum atomic E-state index is -0.593. The molecule has 0 radical (unpaired) electrons. The molecule has 40 heavy (non-hydrogen) atoms. The van der Waals surface area contributed by atoms with Crippen molar-refractivity contribution in [2.45, 2.75) is 64.7 Å². The van der Waals surface area contributed by atoms with E-state index >= 15 is 0 Å². The highest BCUT2D eigenvalue weighted by molar-refractivity contribution is 8.18. The Balaban J connectivity index is 1.55. The van der Waals surface area contributed by atoms with Crippen molar-refractivity contribution in [1.82, 2.24) is 14.7 Å². The van der Waals surface area contributed by atoms with Gasteiger partial charge < -0.3 is 14.9 Å². The van der Waals surface area contributed by atoms with Crippen molar-refractivity contribution in [2.75, 3.05) is 26.2 Å². The topological polar surface area (TPSA) is 59.4 Å². The Kier molecular flexibility index (Phi) is 8.61. The van der Waals surface area contributed by atoms with Gasteiger partial charge in [-0.1, -0.05) is 61.3 Å². The zero-order valence-electron chi connectivity index (χ0n) is 23.8. The smallest absolute Gasteiger partial charge is 0.262 e. The number of nitrogens with zero attached hydrogens (tertiary/aromatic N) is 4. The average molecular weight is 602 g/mol. The first-order chi connectivity index (χ1) is 19.0. The van der Waals surface area contributed by atoms with Crippen LogP contribution in [0.15, 0.2) is 64.1 Å². The number of hydrogen-bond donors (Lipinski definition) is 1. The minimum absolute atomic E-state index is 0.0503. The number of benzene rings is 2. The van der Waals surface area contributed by atoms with E-state index in [1.165, 1.54) is 11.8 Å². The first kappa shape index (κ1) is 29.5. The number of likely N-dealkylation sites (tertiary alicyclic amines) is 1. The number of aliphatic hydroxyl groups excluding tert-OH is 1. The fraction of sp³-hybridized carbons (Fsp3) is 0.484. The maximum absolute atomic E-state index is 14.3. The number of aliphatic imine (C=N–C) groups is 1. The number of hydrogen-bond acceptors (Lipinski definition) is 6. The van der Waals surface area contributed by atoms with Crippen molar-refractivity contribution in [3.05, 3.63) is 80.3 Å². The molecule has 0 saturated carbocycles. The minimum Gasteiger partial charge on any atom is -0.395 e. The number of allylic oxidation sites excluding steroid dienone is 1. The number of aliphatic hydroxyl groups is 1. The molecule has 3 aliphatic heterocycles. The molecule has 3 atom stereocenters. The quantitative estimate of drug-likeness (QED) is 0.354. The number of rotatable bonds is 9. The van der Waals surface area contributed by atoms with Crippen LogP contribution < -0.4 is 0 Å². The summed E-state index contributed by atoms with van der Waals surface area (Å²) in [5.74, 6) is 0.157. The maximum Gasteiger partial charge on any atom is 0.262 e. The average Bonchev–Trinajstić information content (AvgIpc) is 3.40. The number of carbonyl (C=O) groups excluding carboxylic acids is 1. The van der Waals surface area contributed by atoms with Crippen LogP contribution >= 0.6 is 35.0 Å². The molecule has 1 fully saturated rings. The molecule has 0 bridgehead atoms. The van der Waals surface area contributed by atoms with Crippen LogP contribution in [0, 0.1) is 5.92 Å². The summed E-state index contributed by atoms with van der Waals surface area (Å²) in [5.41, 5.74) is 2.57. The van der Waals surface area contributed by atoms with Crippen molar-refractivity contribution >= 4 is 46.0 Å².